The molecule has 1 aliphatic rings. The molecule has 2 rings (SSSR count). The SMILES string of the molecule is Cc1ccsc1C(=O)NC(/C(N)=N/O)C1CCCCC1. The molecule has 0 aromatic carbocycles. The monoisotopic (exact) mass is 295 g/mol. The van der Waals surface area contributed by atoms with Crippen LogP contribution in [0.25, 0.3) is 0 Å². The third-order valence-corrected chi connectivity index (χ3v) is 4.93. The lowest BCUT2D eigenvalue weighted by atomic mass is 9.83. The predicted octanol–water partition coefficient (Wildman–Crippen LogP) is 2.48. The van der Waals surface area contributed by atoms with Crippen molar-refractivity contribution in [2.75, 3.05) is 0 Å². The van der Waals surface area contributed by atoms with Gasteiger partial charge in [-0.15, -0.1) is 11.3 Å². The van der Waals surface area contributed by atoms with Crippen molar-refractivity contribution < 1.29 is 10.0 Å². The molecular weight excluding hydrogens is 274 g/mol. The molecule has 1 atom stereocenters. The van der Waals surface area contributed by atoms with Crippen LogP contribution in [0.3, 0.4) is 0 Å². The number of hydrogen-bond donors (Lipinski definition) is 3. The van der Waals surface area contributed by atoms with Gasteiger partial charge in [0.25, 0.3) is 5.91 Å². The Kier molecular flexibility index (Phi) is 5.00. The summed E-state index contributed by atoms with van der Waals surface area (Å²) in [6.07, 6.45) is 5.49. The lowest BCUT2D eigenvalue weighted by Crippen LogP contribution is -2.49. The van der Waals surface area contributed by atoms with E-state index in [1.54, 1.807) is 0 Å². The van der Waals surface area contributed by atoms with E-state index < -0.39 is 0 Å². The van der Waals surface area contributed by atoms with Crippen molar-refractivity contribution in [2.45, 2.75) is 45.1 Å². The minimum absolute atomic E-state index is 0.0967. The van der Waals surface area contributed by atoms with Crippen LogP contribution in [-0.4, -0.2) is 23.0 Å². The van der Waals surface area contributed by atoms with E-state index >= 15 is 0 Å². The van der Waals surface area contributed by atoms with Gasteiger partial charge >= 0.3 is 0 Å². The number of oxime groups is 1. The molecule has 1 saturated carbocycles. The van der Waals surface area contributed by atoms with Crippen LogP contribution in [0, 0.1) is 12.8 Å². The van der Waals surface area contributed by atoms with Crippen LogP contribution in [0.1, 0.15) is 47.3 Å². The smallest absolute Gasteiger partial charge is 0.262 e. The molecule has 0 spiro atoms. The first-order valence-corrected chi connectivity index (χ1v) is 7.84. The lowest BCUT2D eigenvalue weighted by molar-refractivity contribution is 0.0934. The average Bonchev–Trinajstić information content (AvgIpc) is 2.91. The second-order valence-electron chi connectivity index (χ2n) is 5.31. The molecule has 1 amide bonds. The number of thiophene rings is 1. The zero-order valence-electron chi connectivity index (χ0n) is 11.6. The normalized spacial score (nSPS) is 18.8. The van der Waals surface area contributed by atoms with Crippen molar-refractivity contribution in [3.05, 3.63) is 21.9 Å². The number of amidine groups is 1. The summed E-state index contributed by atoms with van der Waals surface area (Å²) < 4.78 is 0. The molecule has 1 aliphatic carbocycles. The van der Waals surface area contributed by atoms with Crippen LogP contribution >= 0.6 is 11.3 Å². The Morgan fingerprint density at radius 2 is 2.20 bits per heavy atom. The van der Waals surface area contributed by atoms with Crippen molar-refractivity contribution in [3.63, 3.8) is 0 Å². The van der Waals surface area contributed by atoms with Crippen molar-refractivity contribution in [1.29, 1.82) is 0 Å². The summed E-state index contributed by atoms with van der Waals surface area (Å²) in [5.74, 6) is 0.211. The van der Waals surface area contributed by atoms with Crippen molar-refractivity contribution in [2.24, 2.45) is 16.8 Å². The van der Waals surface area contributed by atoms with Gasteiger partial charge in [-0.1, -0.05) is 24.4 Å². The Balaban J connectivity index is 2.11. The summed E-state index contributed by atoms with van der Waals surface area (Å²) in [6.45, 7) is 1.91. The minimum Gasteiger partial charge on any atom is -0.409 e. The van der Waals surface area contributed by atoms with Crippen LogP contribution in [0.2, 0.25) is 0 Å². The topological polar surface area (TPSA) is 87.7 Å². The molecular formula is C14H21N3O2S. The van der Waals surface area contributed by atoms with Crippen LogP contribution in [-0.2, 0) is 0 Å². The Hall–Kier alpha value is -1.56. The highest BCUT2D eigenvalue weighted by atomic mass is 32.1. The number of nitrogens with one attached hydrogen (secondary N) is 1. The standard InChI is InChI=1S/C14H21N3O2S/c1-9-7-8-20-12(9)14(18)16-11(13(15)17-19)10-5-3-2-4-6-10/h7-8,10-11,19H,2-6H2,1H3,(H2,15,17)(H,16,18). The molecule has 1 heterocycles. The van der Waals surface area contributed by atoms with E-state index in [-0.39, 0.29) is 23.7 Å². The van der Waals surface area contributed by atoms with Crippen LogP contribution in [0.4, 0.5) is 0 Å². The molecule has 4 N–H and O–H groups in total. The van der Waals surface area contributed by atoms with E-state index in [1.165, 1.54) is 17.8 Å². The van der Waals surface area contributed by atoms with E-state index in [4.69, 9.17) is 10.9 Å². The maximum atomic E-state index is 12.3. The molecule has 5 nitrogen and oxygen atoms in total. The fraction of sp³-hybridized carbons (Fsp3) is 0.571. The van der Waals surface area contributed by atoms with Gasteiger partial charge in [-0.2, -0.15) is 0 Å². The maximum Gasteiger partial charge on any atom is 0.262 e. The Bertz CT molecular complexity index is 492. The molecule has 1 unspecified atom stereocenters. The lowest BCUT2D eigenvalue weighted by Gasteiger charge is -2.29. The third kappa shape index (κ3) is 3.30. The first-order chi connectivity index (χ1) is 9.63. The van der Waals surface area contributed by atoms with Gasteiger partial charge in [-0.05, 0) is 42.7 Å². The van der Waals surface area contributed by atoms with Gasteiger partial charge in [0.1, 0.15) is 0 Å². The average molecular weight is 295 g/mol. The van der Waals surface area contributed by atoms with E-state index in [0.29, 0.717) is 4.88 Å². The van der Waals surface area contributed by atoms with Crippen molar-refractivity contribution >= 4 is 23.1 Å². The number of nitrogens with zero attached hydrogens (tertiary/aromatic N) is 1. The minimum atomic E-state index is -0.380. The number of hydrogen-bond acceptors (Lipinski definition) is 4. The predicted molar refractivity (Wildman–Crippen MR) is 80.3 cm³/mol. The number of aryl methyl sites for hydroxylation is 1. The number of carbonyl (C=O) groups is 1. The van der Waals surface area contributed by atoms with Crippen molar-refractivity contribution in [3.8, 4) is 0 Å². The molecule has 0 bridgehead atoms. The van der Waals surface area contributed by atoms with Crippen LogP contribution in [0.5, 0.6) is 0 Å². The van der Waals surface area contributed by atoms with Crippen LogP contribution < -0.4 is 11.1 Å². The number of carbonyl (C=O) groups excluding carboxylic acids is 1. The van der Waals surface area contributed by atoms with Crippen LogP contribution in [0.15, 0.2) is 16.6 Å². The molecule has 20 heavy (non-hydrogen) atoms. The van der Waals surface area contributed by atoms with Gasteiger partial charge in [0.15, 0.2) is 5.84 Å². The zero-order valence-corrected chi connectivity index (χ0v) is 12.4. The Morgan fingerprint density at radius 1 is 1.50 bits per heavy atom. The van der Waals surface area contributed by atoms with E-state index in [9.17, 15) is 4.79 Å². The summed E-state index contributed by atoms with van der Waals surface area (Å²) in [4.78, 5) is 13.0. The molecule has 0 radical (unpaired) electrons. The highest BCUT2D eigenvalue weighted by Gasteiger charge is 2.29. The second-order valence-corrected chi connectivity index (χ2v) is 6.22. The highest BCUT2D eigenvalue weighted by molar-refractivity contribution is 7.12. The van der Waals surface area contributed by atoms with E-state index in [1.807, 2.05) is 18.4 Å². The molecule has 1 fully saturated rings. The Morgan fingerprint density at radius 3 is 2.75 bits per heavy atom. The fourth-order valence-electron chi connectivity index (χ4n) is 2.78. The molecule has 6 heteroatoms. The maximum absolute atomic E-state index is 12.3. The van der Waals surface area contributed by atoms with Gasteiger partial charge in [0, 0.05) is 0 Å². The van der Waals surface area contributed by atoms with Gasteiger partial charge < -0.3 is 16.3 Å². The summed E-state index contributed by atoms with van der Waals surface area (Å²) in [5, 5.41) is 16.9. The first-order valence-electron chi connectivity index (χ1n) is 6.96. The molecule has 0 aliphatic heterocycles. The van der Waals surface area contributed by atoms with E-state index in [2.05, 4.69) is 10.5 Å². The van der Waals surface area contributed by atoms with E-state index in [0.717, 1.165) is 31.2 Å². The molecule has 0 saturated heterocycles. The third-order valence-electron chi connectivity index (χ3n) is 3.91. The summed E-state index contributed by atoms with van der Waals surface area (Å²) in [6, 6.07) is 1.54. The molecule has 1 aromatic heterocycles. The Labute approximate surface area is 122 Å². The molecule has 1 aromatic rings. The summed E-state index contributed by atoms with van der Waals surface area (Å²) >= 11 is 1.41. The number of amides is 1. The van der Waals surface area contributed by atoms with Gasteiger partial charge in [0.05, 0.1) is 10.9 Å². The van der Waals surface area contributed by atoms with Gasteiger partial charge in [-0.25, -0.2) is 0 Å². The summed E-state index contributed by atoms with van der Waals surface area (Å²) in [7, 11) is 0. The highest BCUT2D eigenvalue weighted by Crippen LogP contribution is 2.27. The zero-order chi connectivity index (χ0) is 14.5. The van der Waals surface area contributed by atoms with Gasteiger partial charge in [0.2, 0.25) is 0 Å². The fourth-order valence-corrected chi connectivity index (χ4v) is 3.60. The summed E-state index contributed by atoms with van der Waals surface area (Å²) in [5.41, 5.74) is 6.73. The second kappa shape index (κ2) is 6.74. The quantitative estimate of drug-likeness (QED) is 0.345. The number of nitrogens with two attached hydrogens (primary N) is 1. The van der Waals surface area contributed by atoms with Crippen molar-refractivity contribution in [1.82, 2.24) is 5.32 Å². The number of rotatable bonds is 4. The largest absolute Gasteiger partial charge is 0.409 e. The van der Waals surface area contributed by atoms with Gasteiger partial charge in [-0.3, -0.25) is 4.79 Å². The first kappa shape index (κ1) is 14.8. The molecule has 110 valence electrons.